The summed E-state index contributed by atoms with van der Waals surface area (Å²) >= 11 is 0. The molecule has 0 aromatic heterocycles. The minimum atomic E-state index is -0.647. The summed E-state index contributed by atoms with van der Waals surface area (Å²) in [5, 5.41) is 12.6. The van der Waals surface area contributed by atoms with Gasteiger partial charge in [0.15, 0.2) is 0 Å². The normalized spacial score (nSPS) is 24.6. The zero-order valence-corrected chi connectivity index (χ0v) is 9.87. The molecule has 2 aliphatic carbocycles. The first-order valence-corrected chi connectivity index (χ1v) is 6.21. The maximum atomic E-state index is 11.6. The maximum Gasteiger partial charge on any atom is 0.248 e. The quantitative estimate of drug-likeness (QED) is 0.706. The molecular formula is C12H21NO3. The molecule has 2 saturated carbocycles. The van der Waals surface area contributed by atoms with Crippen molar-refractivity contribution in [2.75, 3.05) is 13.2 Å². The number of rotatable bonds is 6. The SMILES string of the molecule is CC(OCC1CC1)C(=O)NCC1(O)CCC1. The number of carbonyl (C=O) groups excluding carboxylic acids is 1. The maximum absolute atomic E-state index is 11.6. The van der Waals surface area contributed by atoms with Crippen molar-refractivity contribution >= 4 is 5.91 Å². The molecule has 2 fully saturated rings. The van der Waals surface area contributed by atoms with Crippen molar-refractivity contribution in [1.82, 2.24) is 5.32 Å². The molecule has 0 heterocycles. The van der Waals surface area contributed by atoms with Crippen LogP contribution >= 0.6 is 0 Å². The highest BCUT2D eigenvalue weighted by Gasteiger charge is 2.35. The molecule has 4 heteroatoms. The van der Waals surface area contributed by atoms with Gasteiger partial charge in [0.05, 0.1) is 12.2 Å². The molecule has 0 radical (unpaired) electrons. The van der Waals surface area contributed by atoms with Crippen molar-refractivity contribution < 1.29 is 14.6 Å². The van der Waals surface area contributed by atoms with Gasteiger partial charge in [-0.05, 0) is 44.9 Å². The monoisotopic (exact) mass is 227 g/mol. The Morgan fingerprint density at radius 1 is 1.56 bits per heavy atom. The Morgan fingerprint density at radius 3 is 2.75 bits per heavy atom. The van der Waals surface area contributed by atoms with Crippen molar-refractivity contribution in [1.29, 1.82) is 0 Å². The van der Waals surface area contributed by atoms with Crippen molar-refractivity contribution in [2.24, 2.45) is 5.92 Å². The molecule has 92 valence electrons. The number of amides is 1. The molecule has 2 aliphatic rings. The predicted molar refractivity (Wildman–Crippen MR) is 59.9 cm³/mol. The van der Waals surface area contributed by atoms with Crippen LogP contribution in [0.4, 0.5) is 0 Å². The first kappa shape index (κ1) is 11.9. The first-order chi connectivity index (χ1) is 7.59. The van der Waals surface area contributed by atoms with Gasteiger partial charge in [-0.1, -0.05) is 0 Å². The number of hydrogen-bond acceptors (Lipinski definition) is 3. The molecule has 4 nitrogen and oxygen atoms in total. The van der Waals surface area contributed by atoms with Crippen LogP contribution in [0.3, 0.4) is 0 Å². The van der Waals surface area contributed by atoms with Gasteiger partial charge in [0.1, 0.15) is 6.10 Å². The summed E-state index contributed by atoms with van der Waals surface area (Å²) in [6, 6.07) is 0. The third-order valence-electron chi connectivity index (χ3n) is 3.52. The average molecular weight is 227 g/mol. The number of nitrogens with one attached hydrogen (secondary N) is 1. The lowest BCUT2D eigenvalue weighted by molar-refractivity contribution is -0.134. The Labute approximate surface area is 96.4 Å². The molecule has 2 rings (SSSR count). The molecule has 1 unspecified atom stereocenters. The third-order valence-corrected chi connectivity index (χ3v) is 3.52. The van der Waals surface area contributed by atoms with E-state index < -0.39 is 11.7 Å². The Kier molecular flexibility index (Phi) is 3.50. The summed E-state index contributed by atoms with van der Waals surface area (Å²) in [6.45, 7) is 2.82. The molecule has 16 heavy (non-hydrogen) atoms. The second kappa shape index (κ2) is 4.72. The van der Waals surface area contributed by atoms with Crippen LogP contribution in [0.1, 0.15) is 39.0 Å². The highest BCUT2D eigenvalue weighted by Crippen LogP contribution is 2.31. The predicted octanol–water partition coefficient (Wildman–Crippen LogP) is 0.833. The molecule has 0 aliphatic heterocycles. The van der Waals surface area contributed by atoms with Gasteiger partial charge >= 0.3 is 0 Å². The van der Waals surface area contributed by atoms with Crippen LogP contribution in [0.5, 0.6) is 0 Å². The van der Waals surface area contributed by atoms with Crippen LogP contribution in [0.2, 0.25) is 0 Å². The fraction of sp³-hybridized carbons (Fsp3) is 0.917. The van der Waals surface area contributed by atoms with Crippen molar-refractivity contribution in [3.8, 4) is 0 Å². The van der Waals surface area contributed by atoms with E-state index in [2.05, 4.69) is 5.32 Å². The van der Waals surface area contributed by atoms with Crippen molar-refractivity contribution in [2.45, 2.75) is 50.7 Å². The second-order valence-corrected chi connectivity index (χ2v) is 5.21. The molecule has 0 saturated heterocycles. The smallest absolute Gasteiger partial charge is 0.248 e. The van der Waals surface area contributed by atoms with Gasteiger partial charge in [-0.25, -0.2) is 0 Å². The Balaban J connectivity index is 1.61. The van der Waals surface area contributed by atoms with Crippen molar-refractivity contribution in [3.05, 3.63) is 0 Å². The first-order valence-electron chi connectivity index (χ1n) is 6.21. The number of ether oxygens (including phenoxy) is 1. The van der Waals surface area contributed by atoms with Gasteiger partial charge in [-0.2, -0.15) is 0 Å². The molecule has 2 N–H and O–H groups in total. The fourth-order valence-corrected chi connectivity index (χ4v) is 1.80. The fourth-order valence-electron chi connectivity index (χ4n) is 1.80. The van der Waals surface area contributed by atoms with E-state index in [0.717, 1.165) is 19.3 Å². The highest BCUT2D eigenvalue weighted by atomic mass is 16.5. The molecule has 0 aromatic carbocycles. The van der Waals surface area contributed by atoms with Gasteiger partial charge in [0, 0.05) is 6.54 Å². The highest BCUT2D eigenvalue weighted by molar-refractivity contribution is 5.80. The van der Waals surface area contributed by atoms with E-state index in [0.29, 0.717) is 19.1 Å². The molecule has 1 atom stereocenters. The van der Waals surface area contributed by atoms with Crippen LogP contribution in [0.25, 0.3) is 0 Å². The van der Waals surface area contributed by atoms with Gasteiger partial charge in [0.2, 0.25) is 5.91 Å². The summed E-state index contributed by atoms with van der Waals surface area (Å²) in [5.41, 5.74) is -0.647. The Bertz CT molecular complexity index is 259. The van der Waals surface area contributed by atoms with E-state index >= 15 is 0 Å². The molecule has 0 spiro atoms. The molecular weight excluding hydrogens is 206 g/mol. The molecule has 0 aromatic rings. The van der Waals surface area contributed by atoms with Crippen LogP contribution < -0.4 is 5.32 Å². The second-order valence-electron chi connectivity index (χ2n) is 5.21. The van der Waals surface area contributed by atoms with Gasteiger partial charge in [0.25, 0.3) is 0 Å². The topological polar surface area (TPSA) is 58.6 Å². The van der Waals surface area contributed by atoms with E-state index in [1.54, 1.807) is 6.92 Å². The minimum absolute atomic E-state index is 0.110. The zero-order chi connectivity index (χ0) is 11.6. The summed E-state index contributed by atoms with van der Waals surface area (Å²) in [4.78, 5) is 11.6. The summed E-state index contributed by atoms with van der Waals surface area (Å²) in [6.07, 6.45) is 4.71. The van der Waals surface area contributed by atoms with Gasteiger partial charge < -0.3 is 15.2 Å². The lowest BCUT2D eigenvalue weighted by Crippen LogP contribution is -2.49. The minimum Gasteiger partial charge on any atom is -0.388 e. The Morgan fingerprint density at radius 2 is 2.25 bits per heavy atom. The van der Waals surface area contributed by atoms with E-state index in [1.165, 1.54) is 12.8 Å². The zero-order valence-electron chi connectivity index (χ0n) is 9.87. The number of carbonyl (C=O) groups is 1. The van der Waals surface area contributed by atoms with E-state index in [1.807, 2.05) is 0 Å². The molecule has 0 bridgehead atoms. The Hall–Kier alpha value is -0.610. The summed E-state index contributed by atoms with van der Waals surface area (Å²) in [7, 11) is 0. The largest absolute Gasteiger partial charge is 0.388 e. The number of hydrogen-bond donors (Lipinski definition) is 2. The van der Waals surface area contributed by atoms with Gasteiger partial charge in [-0.3, -0.25) is 4.79 Å². The summed E-state index contributed by atoms with van der Waals surface area (Å²) < 4.78 is 5.45. The standard InChI is InChI=1S/C12H21NO3/c1-9(16-7-10-3-4-10)11(14)13-8-12(15)5-2-6-12/h9-10,15H,2-8H2,1H3,(H,13,14). The van der Waals surface area contributed by atoms with Gasteiger partial charge in [-0.15, -0.1) is 0 Å². The molecule has 1 amide bonds. The van der Waals surface area contributed by atoms with E-state index in [9.17, 15) is 9.90 Å². The number of aliphatic hydroxyl groups is 1. The van der Waals surface area contributed by atoms with E-state index in [4.69, 9.17) is 4.74 Å². The third kappa shape index (κ3) is 3.19. The van der Waals surface area contributed by atoms with Crippen LogP contribution in [0, 0.1) is 5.92 Å². The van der Waals surface area contributed by atoms with Crippen LogP contribution in [-0.2, 0) is 9.53 Å². The van der Waals surface area contributed by atoms with E-state index in [-0.39, 0.29) is 5.91 Å². The summed E-state index contributed by atoms with van der Waals surface area (Å²) in [5.74, 6) is 0.562. The lowest BCUT2D eigenvalue weighted by Gasteiger charge is -2.36. The van der Waals surface area contributed by atoms with Crippen molar-refractivity contribution in [3.63, 3.8) is 0 Å². The van der Waals surface area contributed by atoms with Crippen LogP contribution in [-0.4, -0.2) is 35.9 Å². The lowest BCUT2D eigenvalue weighted by atomic mass is 9.80. The average Bonchev–Trinajstić information content (AvgIpc) is 3.03. The van der Waals surface area contributed by atoms with Crippen LogP contribution in [0.15, 0.2) is 0 Å².